The fourth-order valence-corrected chi connectivity index (χ4v) is 4.52. The van der Waals surface area contributed by atoms with Crippen LogP contribution < -0.4 is 10.6 Å². The van der Waals surface area contributed by atoms with Gasteiger partial charge in [0.25, 0.3) is 0 Å². The molecule has 140 valence electrons. The van der Waals surface area contributed by atoms with Crippen LogP contribution in [0.3, 0.4) is 0 Å². The summed E-state index contributed by atoms with van der Waals surface area (Å²) < 4.78 is 25.4. The van der Waals surface area contributed by atoms with Crippen molar-refractivity contribution in [2.45, 2.75) is 64.0 Å². The van der Waals surface area contributed by atoms with Crippen molar-refractivity contribution in [1.82, 2.24) is 14.9 Å². The van der Waals surface area contributed by atoms with E-state index < -0.39 is 15.6 Å². The second-order valence-corrected chi connectivity index (χ2v) is 9.10. The Kier molecular flexibility index (Phi) is 6.88. The van der Waals surface area contributed by atoms with E-state index in [0.29, 0.717) is 19.6 Å². The lowest BCUT2D eigenvalue weighted by Gasteiger charge is -2.32. The van der Waals surface area contributed by atoms with Crippen molar-refractivity contribution in [2.24, 2.45) is 4.99 Å². The number of sulfonamides is 1. The van der Waals surface area contributed by atoms with Gasteiger partial charge >= 0.3 is 0 Å². The van der Waals surface area contributed by atoms with Gasteiger partial charge in [0.1, 0.15) is 0 Å². The fraction of sp³-hybridized carbons (Fsp3) is 0.938. The molecule has 0 unspecified atom stereocenters. The maximum Gasteiger partial charge on any atom is 0.213 e. The highest BCUT2D eigenvalue weighted by atomic mass is 32.2. The molecule has 0 atom stereocenters. The molecule has 2 aliphatic rings. The van der Waals surface area contributed by atoms with Crippen molar-refractivity contribution in [3.8, 4) is 0 Å². The molecule has 24 heavy (non-hydrogen) atoms. The van der Waals surface area contributed by atoms with Gasteiger partial charge < -0.3 is 15.7 Å². The molecule has 2 fully saturated rings. The van der Waals surface area contributed by atoms with Gasteiger partial charge in [0.05, 0.1) is 17.9 Å². The molecule has 0 spiro atoms. The van der Waals surface area contributed by atoms with Crippen LogP contribution in [-0.4, -0.2) is 67.4 Å². The Labute approximate surface area is 146 Å². The third-order valence-electron chi connectivity index (χ3n) is 4.96. The number of hydrogen-bond donors (Lipinski definition) is 3. The van der Waals surface area contributed by atoms with Crippen LogP contribution in [0, 0.1) is 0 Å². The van der Waals surface area contributed by atoms with E-state index in [2.05, 4.69) is 15.6 Å². The van der Waals surface area contributed by atoms with Gasteiger partial charge in [-0.15, -0.1) is 0 Å². The highest BCUT2D eigenvalue weighted by Crippen LogP contribution is 2.29. The van der Waals surface area contributed by atoms with Gasteiger partial charge in [0.15, 0.2) is 5.96 Å². The number of aliphatic imine (C=N–C) groups is 1. The van der Waals surface area contributed by atoms with E-state index >= 15 is 0 Å². The average molecular weight is 361 g/mol. The molecule has 0 amide bonds. The zero-order chi connectivity index (χ0) is 17.6. The highest BCUT2D eigenvalue weighted by Gasteiger charge is 2.31. The lowest BCUT2D eigenvalue weighted by atomic mass is 10.0. The monoisotopic (exact) mass is 360 g/mol. The van der Waals surface area contributed by atoms with E-state index in [9.17, 15) is 13.5 Å². The second kappa shape index (κ2) is 8.49. The Balaban J connectivity index is 1.87. The summed E-state index contributed by atoms with van der Waals surface area (Å²) in [5, 5.41) is 17.0. The van der Waals surface area contributed by atoms with Gasteiger partial charge in [-0.25, -0.2) is 12.7 Å². The Morgan fingerprint density at radius 2 is 1.88 bits per heavy atom. The van der Waals surface area contributed by atoms with Crippen LogP contribution in [0.5, 0.6) is 0 Å². The third-order valence-corrected chi connectivity index (χ3v) is 6.84. The van der Waals surface area contributed by atoms with Crippen molar-refractivity contribution in [3.63, 3.8) is 0 Å². The summed E-state index contributed by atoms with van der Waals surface area (Å²) in [4.78, 5) is 4.56. The van der Waals surface area contributed by atoms with E-state index in [-0.39, 0.29) is 11.8 Å². The van der Waals surface area contributed by atoms with Crippen molar-refractivity contribution >= 4 is 16.0 Å². The van der Waals surface area contributed by atoms with E-state index in [1.54, 1.807) is 11.2 Å². The van der Waals surface area contributed by atoms with Crippen LogP contribution in [-0.2, 0) is 10.0 Å². The molecule has 1 saturated carbocycles. The minimum Gasteiger partial charge on any atom is -0.388 e. The van der Waals surface area contributed by atoms with Gasteiger partial charge in [-0.3, -0.25) is 4.99 Å². The van der Waals surface area contributed by atoms with E-state index in [0.717, 1.165) is 51.0 Å². The minimum atomic E-state index is -3.09. The van der Waals surface area contributed by atoms with Crippen LogP contribution in [0.25, 0.3) is 0 Å². The molecule has 8 heteroatoms. The molecule has 1 saturated heterocycles. The number of rotatable bonds is 6. The molecule has 0 aromatic carbocycles. The Morgan fingerprint density at radius 1 is 1.25 bits per heavy atom. The van der Waals surface area contributed by atoms with Crippen LogP contribution in [0.1, 0.15) is 52.4 Å². The van der Waals surface area contributed by atoms with Gasteiger partial charge in [0.2, 0.25) is 10.0 Å². The topological polar surface area (TPSA) is 94.0 Å². The Bertz CT molecular complexity index is 521. The Hall–Kier alpha value is -0.860. The molecule has 0 radical (unpaired) electrons. The standard InChI is InChI=1S/C16H32N4O3S/c1-3-17-15(18-13-16(21)9-5-6-10-16)19-14-7-11-20(12-8-14)24(22,23)4-2/h14,21H,3-13H2,1-2H3,(H2,17,18,19). The molecule has 1 heterocycles. The second-order valence-electron chi connectivity index (χ2n) is 6.84. The molecular formula is C16H32N4O3S. The lowest BCUT2D eigenvalue weighted by Crippen LogP contribution is -2.50. The van der Waals surface area contributed by atoms with Crippen LogP contribution in [0.15, 0.2) is 4.99 Å². The summed E-state index contributed by atoms with van der Waals surface area (Å²) in [5.41, 5.74) is -0.652. The van der Waals surface area contributed by atoms with Crippen molar-refractivity contribution in [1.29, 1.82) is 0 Å². The number of nitrogens with zero attached hydrogens (tertiary/aromatic N) is 2. The summed E-state index contributed by atoms with van der Waals surface area (Å²) in [6, 6.07) is 0.212. The maximum atomic E-state index is 11.9. The fourth-order valence-electron chi connectivity index (χ4n) is 3.39. The molecule has 2 rings (SSSR count). The van der Waals surface area contributed by atoms with Gasteiger partial charge in [-0.05, 0) is 39.5 Å². The average Bonchev–Trinajstić information content (AvgIpc) is 3.00. The summed E-state index contributed by atoms with van der Waals surface area (Å²) >= 11 is 0. The summed E-state index contributed by atoms with van der Waals surface area (Å²) in [6.45, 7) is 5.98. The Morgan fingerprint density at radius 3 is 2.42 bits per heavy atom. The predicted octanol–water partition coefficient (Wildman–Crippen LogP) is 0.661. The molecule has 1 aliphatic carbocycles. The van der Waals surface area contributed by atoms with Crippen LogP contribution >= 0.6 is 0 Å². The maximum absolute atomic E-state index is 11.9. The zero-order valence-electron chi connectivity index (χ0n) is 14.9. The van der Waals surface area contributed by atoms with Crippen LogP contribution in [0.4, 0.5) is 0 Å². The van der Waals surface area contributed by atoms with Gasteiger partial charge in [-0.1, -0.05) is 12.8 Å². The van der Waals surface area contributed by atoms with Crippen molar-refractivity contribution < 1.29 is 13.5 Å². The van der Waals surface area contributed by atoms with Gasteiger partial charge in [-0.2, -0.15) is 0 Å². The minimum absolute atomic E-state index is 0.160. The third kappa shape index (κ3) is 5.32. The molecule has 0 aromatic rings. The first-order chi connectivity index (χ1) is 11.4. The quantitative estimate of drug-likeness (QED) is 0.478. The normalized spacial score (nSPS) is 23.4. The number of guanidine groups is 1. The molecule has 7 nitrogen and oxygen atoms in total. The smallest absolute Gasteiger partial charge is 0.213 e. The SMILES string of the molecule is CCNC(=NCC1(O)CCCC1)NC1CCN(S(=O)(=O)CC)CC1. The summed E-state index contributed by atoms with van der Waals surface area (Å²) in [5.74, 6) is 0.878. The molecule has 0 bridgehead atoms. The lowest BCUT2D eigenvalue weighted by molar-refractivity contribution is 0.0574. The highest BCUT2D eigenvalue weighted by molar-refractivity contribution is 7.89. The van der Waals surface area contributed by atoms with Crippen molar-refractivity contribution in [3.05, 3.63) is 0 Å². The van der Waals surface area contributed by atoms with E-state index in [1.165, 1.54) is 0 Å². The molecule has 0 aromatic heterocycles. The zero-order valence-corrected chi connectivity index (χ0v) is 15.7. The molecule has 1 aliphatic heterocycles. The van der Waals surface area contributed by atoms with E-state index in [1.807, 2.05) is 6.92 Å². The first-order valence-corrected chi connectivity index (χ1v) is 10.7. The largest absolute Gasteiger partial charge is 0.388 e. The number of aliphatic hydroxyl groups is 1. The predicted molar refractivity (Wildman–Crippen MR) is 96.6 cm³/mol. The first-order valence-electron chi connectivity index (χ1n) is 9.13. The summed E-state index contributed by atoms with van der Waals surface area (Å²) in [7, 11) is -3.09. The molecule has 3 N–H and O–H groups in total. The molecular weight excluding hydrogens is 328 g/mol. The van der Waals surface area contributed by atoms with Crippen molar-refractivity contribution in [2.75, 3.05) is 31.9 Å². The number of piperidine rings is 1. The van der Waals surface area contributed by atoms with E-state index in [4.69, 9.17) is 0 Å². The van der Waals surface area contributed by atoms with Crippen LogP contribution in [0.2, 0.25) is 0 Å². The number of nitrogens with one attached hydrogen (secondary N) is 2. The number of hydrogen-bond acceptors (Lipinski definition) is 4. The van der Waals surface area contributed by atoms with Gasteiger partial charge in [0, 0.05) is 25.7 Å². The first kappa shape index (κ1) is 19.5. The summed E-state index contributed by atoms with van der Waals surface area (Å²) in [6.07, 6.45) is 5.33.